The van der Waals surface area contributed by atoms with Gasteiger partial charge in [0.1, 0.15) is 10.6 Å². The molecule has 0 aliphatic rings. The number of sulfonamides is 1. The van der Waals surface area contributed by atoms with Gasteiger partial charge in [-0.05, 0) is 61.5 Å². The van der Waals surface area contributed by atoms with Crippen LogP contribution in [0.2, 0.25) is 5.02 Å². The molecule has 4 rings (SSSR count). The highest BCUT2D eigenvalue weighted by Crippen LogP contribution is 2.28. The molecular formula is C25H21ClF2N4O4S2. The van der Waals surface area contributed by atoms with Crippen molar-refractivity contribution in [1.29, 1.82) is 0 Å². The van der Waals surface area contributed by atoms with E-state index in [0.717, 1.165) is 6.07 Å². The molecule has 38 heavy (non-hydrogen) atoms. The quantitative estimate of drug-likeness (QED) is 0.269. The molecule has 0 spiro atoms. The van der Waals surface area contributed by atoms with E-state index >= 15 is 0 Å². The van der Waals surface area contributed by atoms with Crippen molar-refractivity contribution in [2.24, 2.45) is 7.05 Å². The highest BCUT2D eigenvalue weighted by molar-refractivity contribution is 7.99. The number of anilines is 2. The van der Waals surface area contributed by atoms with Gasteiger partial charge in [-0.3, -0.25) is 19.0 Å². The number of hydrogen-bond donors (Lipinski definition) is 2. The largest absolute Gasteiger partial charge is 0.322 e. The van der Waals surface area contributed by atoms with Crippen molar-refractivity contribution < 1.29 is 22.0 Å². The van der Waals surface area contributed by atoms with Crippen LogP contribution in [0.3, 0.4) is 0 Å². The normalized spacial score (nSPS) is 11.5. The summed E-state index contributed by atoms with van der Waals surface area (Å²) in [6.45, 7) is 1.59. The molecule has 198 valence electrons. The first-order chi connectivity index (χ1) is 18.0. The van der Waals surface area contributed by atoms with Gasteiger partial charge in [0.2, 0.25) is 0 Å². The number of rotatable bonds is 8. The lowest BCUT2D eigenvalue weighted by Gasteiger charge is -2.11. The summed E-state index contributed by atoms with van der Waals surface area (Å²) in [5.41, 5.74) is 0.467. The lowest BCUT2D eigenvalue weighted by atomic mass is 10.2. The average molecular weight is 579 g/mol. The van der Waals surface area contributed by atoms with Crippen LogP contribution in [0, 0.1) is 6.92 Å². The van der Waals surface area contributed by atoms with Crippen LogP contribution in [0.25, 0.3) is 5.69 Å². The maximum Gasteiger partial charge on any atom is 0.296 e. The number of benzene rings is 3. The molecule has 0 radical (unpaired) electrons. The van der Waals surface area contributed by atoms with E-state index in [2.05, 4.69) is 10.0 Å². The lowest BCUT2D eigenvalue weighted by Crippen LogP contribution is -2.23. The topological polar surface area (TPSA) is 102 Å². The van der Waals surface area contributed by atoms with E-state index in [4.69, 9.17) is 11.6 Å². The Kier molecular flexibility index (Phi) is 7.95. The Morgan fingerprint density at radius 2 is 1.68 bits per heavy atom. The second-order valence-electron chi connectivity index (χ2n) is 8.04. The van der Waals surface area contributed by atoms with Gasteiger partial charge in [-0.25, -0.2) is 13.1 Å². The Labute approximate surface area is 226 Å². The maximum atomic E-state index is 13.3. The number of amides is 1. The van der Waals surface area contributed by atoms with Crippen molar-refractivity contribution in [2.75, 3.05) is 10.0 Å². The van der Waals surface area contributed by atoms with E-state index in [-0.39, 0.29) is 16.3 Å². The van der Waals surface area contributed by atoms with Crippen LogP contribution in [-0.4, -0.2) is 29.4 Å². The third-order valence-corrected chi connectivity index (χ3v) is 8.16. The monoisotopic (exact) mass is 578 g/mol. The predicted octanol–water partition coefficient (Wildman–Crippen LogP) is 5.51. The summed E-state index contributed by atoms with van der Waals surface area (Å²) in [4.78, 5) is 25.9. The molecule has 0 fully saturated rings. The van der Waals surface area contributed by atoms with Gasteiger partial charge in [-0.15, -0.1) is 0 Å². The molecule has 0 atom stereocenters. The second-order valence-corrected chi connectivity index (χ2v) is 11.2. The van der Waals surface area contributed by atoms with Crippen LogP contribution in [-0.2, 0) is 17.1 Å². The fourth-order valence-electron chi connectivity index (χ4n) is 3.65. The molecule has 2 N–H and O–H groups in total. The molecule has 0 unspecified atom stereocenters. The summed E-state index contributed by atoms with van der Waals surface area (Å²) >= 11 is 6.55. The van der Waals surface area contributed by atoms with Gasteiger partial charge in [0.05, 0.1) is 16.4 Å². The van der Waals surface area contributed by atoms with Crippen LogP contribution >= 0.6 is 23.4 Å². The average Bonchev–Trinajstić information content (AvgIpc) is 3.08. The minimum Gasteiger partial charge on any atom is -0.322 e. The summed E-state index contributed by atoms with van der Waals surface area (Å²) < 4.78 is 56.8. The Morgan fingerprint density at radius 1 is 1.03 bits per heavy atom. The number of aromatic nitrogens is 2. The minimum atomic E-state index is -4.38. The Balaban J connectivity index is 1.61. The Morgan fingerprint density at radius 3 is 2.32 bits per heavy atom. The third kappa shape index (κ3) is 5.77. The summed E-state index contributed by atoms with van der Waals surface area (Å²) in [6, 6.07) is 18.2. The molecule has 0 bridgehead atoms. The van der Waals surface area contributed by atoms with Gasteiger partial charge in [0, 0.05) is 23.2 Å². The summed E-state index contributed by atoms with van der Waals surface area (Å²) in [6.07, 6.45) is 0. The zero-order valence-electron chi connectivity index (χ0n) is 20.0. The molecule has 0 aliphatic carbocycles. The highest BCUT2D eigenvalue weighted by atomic mass is 35.5. The number of nitrogens with one attached hydrogen (secondary N) is 2. The molecule has 1 heterocycles. The van der Waals surface area contributed by atoms with Crippen LogP contribution in [0.5, 0.6) is 0 Å². The van der Waals surface area contributed by atoms with Crippen LogP contribution < -0.4 is 15.6 Å². The van der Waals surface area contributed by atoms with Gasteiger partial charge in [-0.1, -0.05) is 41.6 Å². The van der Waals surface area contributed by atoms with Gasteiger partial charge in [0.25, 0.3) is 27.2 Å². The van der Waals surface area contributed by atoms with E-state index < -0.39 is 32.1 Å². The predicted molar refractivity (Wildman–Crippen MR) is 144 cm³/mol. The van der Waals surface area contributed by atoms with Crippen LogP contribution in [0.1, 0.15) is 16.1 Å². The van der Waals surface area contributed by atoms with Crippen molar-refractivity contribution in [3.05, 3.63) is 99.4 Å². The number of hydrogen-bond acceptors (Lipinski definition) is 5. The molecule has 1 amide bonds. The number of carbonyl (C=O) groups excluding carboxylic acids is 1. The van der Waals surface area contributed by atoms with Crippen molar-refractivity contribution in [3.63, 3.8) is 0 Å². The second kappa shape index (κ2) is 11.0. The van der Waals surface area contributed by atoms with Gasteiger partial charge in [0.15, 0.2) is 0 Å². The van der Waals surface area contributed by atoms with E-state index in [1.165, 1.54) is 45.8 Å². The number of carbonyl (C=O) groups is 1. The van der Waals surface area contributed by atoms with Gasteiger partial charge in [-0.2, -0.15) is 8.78 Å². The molecular weight excluding hydrogens is 558 g/mol. The van der Waals surface area contributed by atoms with Crippen LogP contribution in [0.15, 0.2) is 87.4 Å². The molecule has 13 heteroatoms. The maximum absolute atomic E-state index is 13.3. The highest BCUT2D eigenvalue weighted by Gasteiger charge is 2.25. The molecule has 8 nitrogen and oxygen atoms in total. The van der Waals surface area contributed by atoms with Crippen molar-refractivity contribution in [3.8, 4) is 5.69 Å². The molecule has 0 saturated heterocycles. The molecule has 0 aliphatic heterocycles. The summed E-state index contributed by atoms with van der Waals surface area (Å²) in [5.74, 6) is -3.21. The SMILES string of the molecule is Cc1c(NS(=O)(=O)c2cc(C(=O)Nc3ccc(SC(F)F)cc3)ccc2Cl)c(=O)n(-c2ccccc2)n1C. The third-order valence-electron chi connectivity index (χ3n) is 5.61. The zero-order chi connectivity index (χ0) is 27.6. The van der Waals surface area contributed by atoms with Crippen molar-refractivity contribution in [2.45, 2.75) is 22.5 Å². The number of nitrogens with zero attached hydrogens (tertiary/aromatic N) is 2. The fraction of sp³-hybridized carbons (Fsp3) is 0.120. The fourth-order valence-corrected chi connectivity index (χ4v) is 5.79. The smallest absolute Gasteiger partial charge is 0.296 e. The number of halogens is 3. The first kappa shape index (κ1) is 27.4. The molecule has 4 aromatic rings. The van der Waals surface area contributed by atoms with Gasteiger partial charge < -0.3 is 5.32 Å². The first-order valence-electron chi connectivity index (χ1n) is 11.0. The molecule has 0 saturated carbocycles. The zero-order valence-corrected chi connectivity index (χ0v) is 22.4. The van der Waals surface area contributed by atoms with Crippen molar-refractivity contribution in [1.82, 2.24) is 9.36 Å². The Hall–Kier alpha value is -3.61. The van der Waals surface area contributed by atoms with E-state index in [1.807, 2.05) is 0 Å². The number of alkyl halides is 2. The first-order valence-corrected chi connectivity index (χ1v) is 13.7. The van der Waals surface area contributed by atoms with E-state index in [1.54, 1.807) is 44.3 Å². The Bertz CT molecular complexity index is 1660. The number of para-hydroxylation sites is 1. The van der Waals surface area contributed by atoms with Crippen LogP contribution in [0.4, 0.5) is 20.2 Å². The number of thioether (sulfide) groups is 1. The van der Waals surface area contributed by atoms with E-state index in [0.29, 0.717) is 33.7 Å². The van der Waals surface area contributed by atoms with Gasteiger partial charge >= 0.3 is 0 Å². The summed E-state index contributed by atoms with van der Waals surface area (Å²) in [7, 11) is -2.76. The minimum absolute atomic E-state index is 0.0210. The van der Waals surface area contributed by atoms with E-state index in [9.17, 15) is 26.8 Å². The van der Waals surface area contributed by atoms with Crippen molar-refractivity contribution >= 4 is 50.7 Å². The summed E-state index contributed by atoms with van der Waals surface area (Å²) in [5, 5.41) is 2.43. The lowest BCUT2D eigenvalue weighted by molar-refractivity contribution is 0.102. The molecule has 1 aromatic heterocycles. The standard InChI is InChI=1S/C25H21ClF2N4O4S2/c1-15-22(24(34)32(31(15)2)18-6-4-3-5-7-18)30-38(35,36)21-14-16(8-13-20(21)26)23(33)29-17-9-11-19(12-10-17)37-25(27)28/h3-14,25,30H,1-2H3,(H,29,33). The molecule has 3 aromatic carbocycles.